The topological polar surface area (TPSA) is 46.8 Å². The molecule has 3 aromatic rings. The summed E-state index contributed by atoms with van der Waals surface area (Å²) in [5, 5.41) is 0. The van der Waals surface area contributed by atoms with Crippen LogP contribution in [0.4, 0.5) is 10.3 Å². The number of piperidine rings is 1. The summed E-state index contributed by atoms with van der Waals surface area (Å²) in [5.74, 6) is 1.44. The molecule has 1 spiro atoms. The highest BCUT2D eigenvalue weighted by Gasteiger charge is 2.44. The van der Waals surface area contributed by atoms with Gasteiger partial charge < -0.3 is 9.47 Å². The summed E-state index contributed by atoms with van der Waals surface area (Å²) < 4.78 is 15.4. The zero-order valence-electron chi connectivity index (χ0n) is 14.5. The van der Waals surface area contributed by atoms with Crippen molar-refractivity contribution in [3.8, 4) is 11.3 Å². The number of rotatable bonds is 2. The zero-order chi connectivity index (χ0) is 17.6. The molecule has 0 bridgehead atoms. The van der Waals surface area contributed by atoms with Gasteiger partial charge in [0.25, 0.3) is 0 Å². The molecule has 0 saturated carbocycles. The van der Waals surface area contributed by atoms with Crippen LogP contribution in [0.15, 0.2) is 48.9 Å². The number of hydrogen-bond acceptors (Lipinski definition) is 4. The van der Waals surface area contributed by atoms with Gasteiger partial charge in [-0.05, 0) is 24.8 Å². The molecule has 26 heavy (non-hydrogen) atoms. The first-order valence-electron chi connectivity index (χ1n) is 9.09. The van der Waals surface area contributed by atoms with Gasteiger partial charge in [-0.15, -0.1) is 0 Å². The number of fused-ring (bicyclic) bond motifs is 2. The van der Waals surface area contributed by atoms with Crippen molar-refractivity contribution in [3.05, 3.63) is 60.6 Å². The molecule has 6 heteroatoms. The maximum atomic E-state index is 13.0. The molecule has 5 nitrogen and oxygen atoms in total. The fraction of sp³-hybridized carbons (Fsp3) is 0.350. The fourth-order valence-electron chi connectivity index (χ4n) is 4.38. The van der Waals surface area contributed by atoms with Crippen LogP contribution < -0.4 is 4.90 Å². The Kier molecular flexibility index (Phi) is 3.51. The van der Waals surface area contributed by atoms with Gasteiger partial charge in [0.15, 0.2) is 5.82 Å². The predicted molar refractivity (Wildman–Crippen MR) is 97.4 cm³/mol. The largest absolute Gasteiger partial charge is 0.341 e. The lowest BCUT2D eigenvalue weighted by Crippen LogP contribution is -2.42. The van der Waals surface area contributed by atoms with Gasteiger partial charge in [0, 0.05) is 25.0 Å². The van der Waals surface area contributed by atoms with Crippen molar-refractivity contribution in [2.75, 3.05) is 18.0 Å². The summed E-state index contributed by atoms with van der Waals surface area (Å²) in [6.45, 7) is 2.77. The van der Waals surface area contributed by atoms with Gasteiger partial charge in [-0.1, -0.05) is 30.3 Å². The number of hydrogen-bond donors (Lipinski definition) is 0. The molecule has 4 heterocycles. The fourth-order valence-corrected chi connectivity index (χ4v) is 4.38. The van der Waals surface area contributed by atoms with Crippen molar-refractivity contribution >= 4 is 5.95 Å². The SMILES string of the molecule is Fc1cnc(N2CCC3(CC2)CCn2c(-c4ccccc4)cnc23)nc1. The van der Waals surface area contributed by atoms with E-state index in [2.05, 4.69) is 43.7 Å². The Bertz CT molecular complexity index is 911. The molecule has 1 saturated heterocycles. The van der Waals surface area contributed by atoms with Crippen LogP contribution in [0.1, 0.15) is 25.1 Å². The number of halogens is 1. The summed E-state index contributed by atoms with van der Waals surface area (Å²) >= 11 is 0. The Morgan fingerprint density at radius 3 is 2.27 bits per heavy atom. The highest BCUT2D eigenvalue weighted by atomic mass is 19.1. The lowest BCUT2D eigenvalue weighted by molar-refractivity contribution is 0.321. The van der Waals surface area contributed by atoms with E-state index in [0.29, 0.717) is 5.95 Å². The monoisotopic (exact) mass is 349 g/mol. The highest BCUT2D eigenvalue weighted by molar-refractivity contribution is 5.60. The van der Waals surface area contributed by atoms with E-state index in [0.717, 1.165) is 38.9 Å². The third-order valence-corrected chi connectivity index (χ3v) is 5.82. The van der Waals surface area contributed by atoms with E-state index in [4.69, 9.17) is 4.98 Å². The van der Waals surface area contributed by atoms with Crippen LogP contribution in [0.2, 0.25) is 0 Å². The molecular weight excluding hydrogens is 329 g/mol. The predicted octanol–water partition coefficient (Wildman–Crippen LogP) is 3.42. The van der Waals surface area contributed by atoms with Crippen molar-refractivity contribution in [2.24, 2.45) is 0 Å². The first-order chi connectivity index (χ1) is 12.8. The van der Waals surface area contributed by atoms with Crippen LogP contribution in [0, 0.1) is 5.82 Å². The number of aromatic nitrogens is 4. The average molecular weight is 349 g/mol. The standard InChI is InChI=1S/C20H20FN5/c21-16-12-23-19(24-13-16)25-9-6-20(7-10-25)8-11-26-17(14-22-18(20)26)15-4-2-1-3-5-15/h1-5,12-14H,6-11H2. The van der Waals surface area contributed by atoms with E-state index >= 15 is 0 Å². The van der Waals surface area contributed by atoms with E-state index in [1.807, 2.05) is 12.3 Å². The highest BCUT2D eigenvalue weighted by Crippen LogP contribution is 2.44. The van der Waals surface area contributed by atoms with E-state index in [1.54, 1.807) is 0 Å². The summed E-state index contributed by atoms with van der Waals surface area (Å²) in [4.78, 5) is 15.2. The van der Waals surface area contributed by atoms with Gasteiger partial charge in [0.05, 0.1) is 24.3 Å². The lowest BCUT2D eigenvalue weighted by Gasteiger charge is -2.38. The van der Waals surface area contributed by atoms with Gasteiger partial charge in [-0.3, -0.25) is 0 Å². The second-order valence-corrected chi connectivity index (χ2v) is 7.20. The molecule has 1 aromatic carbocycles. The van der Waals surface area contributed by atoms with Gasteiger partial charge >= 0.3 is 0 Å². The molecule has 0 aliphatic carbocycles. The second kappa shape index (κ2) is 5.90. The van der Waals surface area contributed by atoms with E-state index in [1.165, 1.54) is 29.5 Å². The van der Waals surface area contributed by atoms with Crippen LogP contribution in [-0.2, 0) is 12.0 Å². The number of imidazole rings is 1. The summed E-state index contributed by atoms with van der Waals surface area (Å²) in [6, 6.07) is 10.5. The van der Waals surface area contributed by atoms with E-state index < -0.39 is 5.82 Å². The first kappa shape index (κ1) is 15.5. The third kappa shape index (κ3) is 2.40. The van der Waals surface area contributed by atoms with Gasteiger partial charge in [0.2, 0.25) is 5.95 Å². The van der Waals surface area contributed by atoms with Crippen LogP contribution in [0.3, 0.4) is 0 Å². The van der Waals surface area contributed by atoms with Crippen LogP contribution >= 0.6 is 0 Å². The molecule has 0 unspecified atom stereocenters. The molecule has 5 rings (SSSR count). The molecule has 0 radical (unpaired) electrons. The molecule has 0 atom stereocenters. The minimum atomic E-state index is -0.395. The Hall–Kier alpha value is -2.76. The maximum absolute atomic E-state index is 13.0. The zero-order valence-corrected chi connectivity index (χ0v) is 14.5. The number of nitrogens with zero attached hydrogens (tertiary/aromatic N) is 5. The van der Waals surface area contributed by atoms with Crippen LogP contribution in [0.5, 0.6) is 0 Å². The Morgan fingerprint density at radius 2 is 1.54 bits per heavy atom. The molecule has 1 fully saturated rings. The van der Waals surface area contributed by atoms with E-state index in [9.17, 15) is 4.39 Å². The first-order valence-corrected chi connectivity index (χ1v) is 9.09. The summed E-state index contributed by atoms with van der Waals surface area (Å²) in [6.07, 6.45) is 7.68. The summed E-state index contributed by atoms with van der Waals surface area (Å²) in [7, 11) is 0. The average Bonchev–Trinajstić information content (AvgIpc) is 3.26. The Balaban J connectivity index is 1.39. The quantitative estimate of drug-likeness (QED) is 0.711. The molecule has 0 N–H and O–H groups in total. The Labute approximate surface area is 151 Å². The minimum Gasteiger partial charge on any atom is -0.341 e. The van der Waals surface area contributed by atoms with Gasteiger partial charge in [-0.25, -0.2) is 19.3 Å². The van der Waals surface area contributed by atoms with Crippen molar-refractivity contribution < 1.29 is 4.39 Å². The maximum Gasteiger partial charge on any atom is 0.225 e. The normalized spacial score (nSPS) is 18.3. The molecular formula is C20H20FN5. The molecule has 2 aromatic heterocycles. The Morgan fingerprint density at radius 1 is 0.846 bits per heavy atom. The molecule has 0 amide bonds. The minimum absolute atomic E-state index is 0.142. The number of benzene rings is 1. The second-order valence-electron chi connectivity index (χ2n) is 7.20. The van der Waals surface area contributed by atoms with E-state index in [-0.39, 0.29) is 5.41 Å². The van der Waals surface area contributed by atoms with Crippen molar-refractivity contribution in [2.45, 2.75) is 31.2 Å². The van der Waals surface area contributed by atoms with Gasteiger partial charge in [0.1, 0.15) is 5.82 Å². The third-order valence-electron chi connectivity index (χ3n) is 5.82. The summed E-state index contributed by atoms with van der Waals surface area (Å²) in [5.41, 5.74) is 2.58. The lowest BCUT2D eigenvalue weighted by atomic mass is 9.77. The smallest absolute Gasteiger partial charge is 0.225 e. The number of anilines is 1. The van der Waals surface area contributed by atoms with Crippen LogP contribution in [0.25, 0.3) is 11.3 Å². The van der Waals surface area contributed by atoms with Crippen molar-refractivity contribution in [3.63, 3.8) is 0 Å². The van der Waals surface area contributed by atoms with Crippen molar-refractivity contribution in [1.82, 2.24) is 19.5 Å². The van der Waals surface area contributed by atoms with Crippen molar-refractivity contribution in [1.29, 1.82) is 0 Å². The molecule has 2 aliphatic rings. The molecule has 132 valence electrons. The van der Waals surface area contributed by atoms with Gasteiger partial charge in [-0.2, -0.15) is 0 Å². The van der Waals surface area contributed by atoms with Crippen LogP contribution in [-0.4, -0.2) is 32.6 Å². The molecule has 2 aliphatic heterocycles.